The fourth-order valence-electron chi connectivity index (χ4n) is 2.27. The van der Waals surface area contributed by atoms with Gasteiger partial charge in [0.25, 0.3) is 0 Å². The predicted molar refractivity (Wildman–Crippen MR) is 69.0 cm³/mol. The van der Waals surface area contributed by atoms with E-state index in [4.69, 9.17) is 0 Å². The van der Waals surface area contributed by atoms with Crippen LogP contribution in [0.3, 0.4) is 0 Å². The quantitative estimate of drug-likeness (QED) is 0.759. The molecule has 1 fully saturated rings. The van der Waals surface area contributed by atoms with Gasteiger partial charge in [-0.25, -0.2) is 0 Å². The van der Waals surface area contributed by atoms with Gasteiger partial charge in [0, 0.05) is 19.0 Å². The molecule has 0 aromatic heterocycles. The monoisotopic (exact) mass is 256 g/mol. The van der Waals surface area contributed by atoms with Crippen molar-refractivity contribution in [3.8, 4) is 0 Å². The summed E-state index contributed by atoms with van der Waals surface area (Å²) in [6.07, 6.45) is 3.61. The van der Waals surface area contributed by atoms with Crippen molar-refractivity contribution < 1.29 is 14.7 Å². The lowest BCUT2D eigenvalue weighted by atomic mass is 10.1. The van der Waals surface area contributed by atoms with Crippen molar-refractivity contribution in [1.82, 2.24) is 10.2 Å². The Hall–Kier alpha value is -1.10. The number of amides is 2. The second-order valence-corrected chi connectivity index (χ2v) is 5.18. The number of carbonyl (C=O) groups excluding carboxylic acids is 2. The maximum absolute atomic E-state index is 11.8. The SMILES string of the molecule is CC(O)CC(C)NC(=O)CN1CCCCCC1=O. The van der Waals surface area contributed by atoms with E-state index in [1.54, 1.807) is 11.8 Å². The first kappa shape index (κ1) is 15.0. The van der Waals surface area contributed by atoms with E-state index < -0.39 is 6.10 Å². The summed E-state index contributed by atoms with van der Waals surface area (Å²) < 4.78 is 0. The summed E-state index contributed by atoms with van der Waals surface area (Å²) >= 11 is 0. The largest absolute Gasteiger partial charge is 0.393 e. The second kappa shape index (κ2) is 7.36. The van der Waals surface area contributed by atoms with Gasteiger partial charge in [-0.05, 0) is 33.1 Å². The number of likely N-dealkylation sites (tertiary alicyclic amines) is 1. The number of rotatable bonds is 5. The first-order chi connectivity index (χ1) is 8.49. The van der Waals surface area contributed by atoms with E-state index in [0.29, 0.717) is 19.4 Å². The molecule has 5 heteroatoms. The molecule has 1 aliphatic heterocycles. The van der Waals surface area contributed by atoms with Gasteiger partial charge in [0.15, 0.2) is 0 Å². The summed E-state index contributed by atoms with van der Waals surface area (Å²) in [7, 11) is 0. The molecule has 18 heavy (non-hydrogen) atoms. The Morgan fingerprint density at radius 3 is 2.78 bits per heavy atom. The summed E-state index contributed by atoms with van der Waals surface area (Å²) in [6, 6.07) is -0.0698. The molecule has 1 aliphatic rings. The zero-order chi connectivity index (χ0) is 13.5. The average Bonchev–Trinajstić information content (AvgIpc) is 2.43. The van der Waals surface area contributed by atoms with E-state index in [1.165, 1.54) is 0 Å². The number of nitrogens with one attached hydrogen (secondary N) is 1. The predicted octanol–water partition coefficient (Wildman–Crippen LogP) is 0.665. The van der Waals surface area contributed by atoms with Crippen LogP contribution in [-0.2, 0) is 9.59 Å². The Morgan fingerprint density at radius 2 is 2.11 bits per heavy atom. The van der Waals surface area contributed by atoms with Crippen LogP contribution in [0.15, 0.2) is 0 Å². The number of nitrogens with zero attached hydrogens (tertiary/aromatic N) is 1. The van der Waals surface area contributed by atoms with E-state index >= 15 is 0 Å². The summed E-state index contributed by atoms with van der Waals surface area (Å²) in [5.74, 6) is -0.0655. The van der Waals surface area contributed by atoms with E-state index in [-0.39, 0.29) is 24.4 Å². The number of carbonyl (C=O) groups is 2. The Labute approximate surface area is 109 Å². The Bertz CT molecular complexity index is 292. The Morgan fingerprint density at radius 1 is 1.39 bits per heavy atom. The lowest BCUT2D eigenvalue weighted by molar-refractivity contribution is -0.135. The number of aliphatic hydroxyl groups excluding tert-OH is 1. The molecule has 0 aromatic carbocycles. The summed E-state index contributed by atoms with van der Waals surface area (Å²) in [5, 5.41) is 12.0. The number of hydrogen-bond acceptors (Lipinski definition) is 3. The van der Waals surface area contributed by atoms with Crippen LogP contribution in [0.5, 0.6) is 0 Å². The number of hydrogen-bond donors (Lipinski definition) is 2. The molecule has 2 amide bonds. The van der Waals surface area contributed by atoms with Crippen molar-refractivity contribution in [3.63, 3.8) is 0 Å². The van der Waals surface area contributed by atoms with Crippen LogP contribution in [0.1, 0.15) is 46.0 Å². The molecule has 2 atom stereocenters. The second-order valence-electron chi connectivity index (χ2n) is 5.18. The molecule has 1 heterocycles. The van der Waals surface area contributed by atoms with Gasteiger partial charge in [0.1, 0.15) is 0 Å². The van der Waals surface area contributed by atoms with Crippen LogP contribution in [0, 0.1) is 0 Å². The molecule has 0 bridgehead atoms. The third-order valence-corrected chi connectivity index (χ3v) is 3.11. The van der Waals surface area contributed by atoms with Gasteiger partial charge in [-0.15, -0.1) is 0 Å². The first-order valence-corrected chi connectivity index (χ1v) is 6.74. The van der Waals surface area contributed by atoms with Crippen LogP contribution in [0.4, 0.5) is 0 Å². The topological polar surface area (TPSA) is 69.6 Å². The standard InChI is InChI=1S/C13H24N2O3/c1-10(8-11(2)16)14-12(17)9-15-7-5-3-4-6-13(15)18/h10-11,16H,3-9H2,1-2H3,(H,14,17). The van der Waals surface area contributed by atoms with Crippen LogP contribution >= 0.6 is 0 Å². The molecule has 2 unspecified atom stereocenters. The van der Waals surface area contributed by atoms with E-state index in [2.05, 4.69) is 5.32 Å². The fraction of sp³-hybridized carbons (Fsp3) is 0.846. The van der Waals surface area contributed by atoms with E-state index in [9.17, 15) is 14.7 Å². The molecule has 0 radical (unpaired) electrons. The van der Waals surface area contributed by atoms with Crippen molar-refractivity contribution in [3.05, 3.63) is 0 Å². The summed E-state index contributed by atoms with van der Waals surface area (Å²) in [4.78, 5) is 25.1. The number of aliphatic hydroxyl groups is 1. The van der Waals surface area contributed by atoms with Gasteiger partial charge in [-0.1, -0.05) is 6.42 Å². The smallest absolute Gasteiger partial charge is 0.239 e. The van der Waals surface area contributed by atoms with Crippen LogP contribution in [0.2, 0.25) is 0 Å². The normalized spacial score (nSPS) is 20.2. The minimum Gasteiger partial charge on any atom is -0.393 e. The molecule has 0 aliphatic carbocycles. The zero-order valence-corrected chi connectivity index (χ0v) is 11.3. The van der Waals surface area contributed by atoms with Crippen molar-refractivity contribution >= 4 is 11.8 Å². The van der Waals surface area contributed by atoms with Crippen molar-refractivity contribution in [2.75, 3.05) is 13.1 Å². The molecule has 104 valence electrons. The average molecular weight is 256 g/mol. The van der Waals surface area contributed by atoms with Gasteiger partial charge in [-0.3, -0.25) is 9.59 Å². The molecular formula is C13H24N2O3. The molecule has 1 saturated heterocycles. The maximum atomic E-state index is 11.8. The van der Waals surface area contributed by atoms with Gasteiger partial charge in [0.05, 0.1) is 12.6 Å². The van der Waals surface area contributed by atoms with Crippen molar-refractivity contribution in [2.45, 2.75) is 58.1 Å². The lowest BCUT2D eigenvalue weighted by Gasteiger charge is -2.22. The highest BCUT2D eigenvalue weighted by Crippen LogP contribution is 2.10. The maximum Gasteiger partial charge on any atom is 0.239 e. The minimum atomic E-state index is -0.430. The summed E-state index contributed by atoms with van der Waals surface area (Å²) in [6.45, 7) is 4.37. The molecule has 1 rings (SSSR count). The molecule has 0 aromatic rings. The highest BCUT2D eigenvalue weighted by Gasteiger charge is 2.20. The molecule has 5 nitrogen and oxygen atoms in total. The van der Waals surface area contributed by atoms with Crippen LogP contribution in [-0.4, -0.2) is 47.1 Å². The van der Waals surface area contributed by atoms with E-state index in [1.807, 2.05) is 6.92 Å². The van der Waals surface area contributed by atoms with Crippen LogP contribution in [0.25, 0.3) is 0 Å². The van der Waals surface area contributed by atoms with Crippen molar-refractivity contribution in [1.29, 1.82) is 0 Å². The third-order valence-electron chi connectivity index (χ3n) is 3.11. The third kappa shape index (κ3) is 5.49. The highest BCUT2D eigenvalue weighted by atomic mass is 16.3. The molecule has 0 saturated carbocycles. The van der Waals surface area contributed by atoms with Gasteiger partial charge in [-0.2, -0.15) is 0 Å². The Kier molecular flexibility index (Phi) is 6.12. The highest BCUT2D eigenvalue weighted by molar-refractivity contribution is 5.85. The Balaban J connectivity index is 2.36. The van der Waals surface area contributed by atoms with Gasteiger partial charge < -0.3 is 15.3 Å². The van der Waals surface area contributed by atoms with Crippen molar-refractivity contribution in [2.24, 2.45) is 0 Å². The van der Waals surface area contributed by atoms with Crippen LogP contribution < -0.4 is 5.32 Å². The summed E-state index contributed by atoms with van der Waals surface area (Å²) in [5.41, 5.74) is 0. The molecule has 0 spiro atoms. The van der Waals surface area contributed by atoms with Gasteiger partial charge in [0.2, 0.25) is 11.8 Å². The fourth-order valence-corrected chi connectivity index (χ4v) is 2.27. The minimum absolute atomic E-state index is 0.0698. The molecule has 2 N–H and O–H groups in total. The first-order valence-electron chi connectivity index (χ1n) is 6.74. The van der Waals surface area contributed by atoms with E-state index in [0.717, 1.165) is 19.3 Å². The van der Waals surface area contributed by atoms with Gasteiger partial charge >= 0.3 is 0 Å². The zero-order valence-electron chi connectivity index (χ0n) is 11.3. The lowest BCUT2D eigenvalue weighted by Crippen LogP contribution is -2.43. The molecular weight excluding hydrogens is 232 g/mol.